The zero-order chi connectivity index (χ0) is 23.8. The molecule has 1 aliphatic heterocycles. The highest BCUT2D eigenvalue weighted by Gasteiger charge is 2.31. The van der Waals surface area contributed by atoms with Crippen molar-refractivity contribution >= 4 is 27.5 Å². The molecule has 6 nitrogen and oxygen atoms in total. The third kappa shape index (κ3) is 8.02. The van der Waals surface area contributed by atoms with E-state index in [1.807, 2.05) is 26.0 Å². The van der Waals surface area contributed by atoms with Crippen LogP contribution >= 0.6 is 11.6 Å². The van der Waals surface area contributed by atoms with Crippen molar-refractivity contribution in [2.24, 2.45) is 5.92 Å². The van der Waals surface area contributed by atoms with E-state index < -0.39 is 10.0 Å². The summed E-state index contributed by atoms with van der Waals surface area (Å²) in [6, 6.07) is 14.9. The van der Waals surface area contributed by atoms with E-state index in [2.05, 4.69) is 17.4 Å². The first-order chi connectivity index (χ1) is 15.7. The summed E-state index contributed by atoms with van der Waals surface area (Å²) in [6.07, 6.45) is 2.97. The summed E-state index contributed by atoms with van der Waals surface area (Å²) in [6.45, 7) is 5.36. The molecule has 1 heterocycles. The van der Waals surface area contributed by atoms with Gasteiger partial charge in [-0.05, 0) is 74.9 Å². The second-order valence-corrected chi connectivity index (χ2v) is 11.2. The number of rotatable bonds is 10. The standard InChI is InChI=1S/C25H33ClN2O4S/c1-19(2)32-24-11-7-20(8-12-24)4-3-15-27-25(29)22-13-16-28(17-14-22)33(30,31)18-21-5-9-23(26)10-6-21/h5-12,19,22H,3-4,13-18H2,1-2H3,(H,27,29). The fourth-order valence-electron chi connectivity index (χ4n) is 3.93. The summed E-state index contributed by atoms with van der Waals surface area (Å²) in [5.41, 5.74) is 1.92. The molecule has 0 aliphatic carbocycles. The van der Waals surface area contributed by atoms with Gasteiger partial charge in [-0.15, -0.1) is 0 Å². The van der Waals surface area contributed by atoms with Gasteiger partial charge in [0.2, 0.25) is 15.9 Å². The van der Waals surface area contributed by atoms with Crippen LogP contribution in [0.5, 0.6) is 5.75 Å². The lowest BCUT2D eigenvalue weighted by Crippen LogP contribution is -2.43. The number of hydrogen-bond donors (Lipinski definition) is 1. The van der Waals surface area contributed by atoms with E-state index in [1.54, 1.807) is 24.3 Å². The van der Waals surface area contributed by atoms with Gasteiger partial charge in [-0.2, -0.15) is 0 Å². The number of ether oxygens (including phenoxy) is 1. The second kappa shape index (κ2) is 11.9. The van der Waals surface area contributed by atoms with Crippen molar-refractivity contribution in [2.45, 2.75) is 51.4 Å². The SMILES string of the molecule is CC(C)Oc1ccc(CCCNC(=O)C2CCN(S(=O)(=O)Cc3ccc(Cl)cc3)CC2)cc1. The zero-order valence-electron chi connectivity index (χ0n) is 19.3. The van der Waals surface area contributed by atoms with Crippen LogP contribution in [0.15, 0.2) is 48.5 Å². The molecule has 0 saturated carbocycles. The molecule has 2 aromatic carbocycles. The van der Waals surface area contributed by atoms with E-state index in [0.29, 0.717) is 43.1 Å². The Bertz CT molecular complexity index is 1000. The van der Waals surface area contributed by atoms with E-state index in [0.717, 1.165) is 18.6 Å². The molecule has 0 radical (unpaired) electrons. The van der Waals surface area contributed by atoms with Crippen LogP contribution in [0.25, 0.3) is 0 Å². The quantitative estimate of drug-likeness (QED) is 0.498. The molecule has 0 aromatic heterocycles. The van der Waals surface area contributed by atoms with E-state index >= 15 is 0 Å². The molecule has 1 saturated heterocycles. The highest BCUT2D eigenvalue weighted by molar-refractivity contribution is 7.88. The van der Waals surface area contributed by atoms with Crippen LogP contribution in [0, 0.1) is 5.92 Å². The first-order valence-electron chi connectivity index (χ1n) is 11.5. The summed E-state index contributed by atoms with van der Waals surface area (Å²) in [4.78, 5) is 12.5. The Morgan fingerprint density at radius 1 is 1.06 bits per heavy atom. The van der Waals surface area contributed by atoms with Gasteiger partial charge in [0.25, 0.3) is 0 Å². The van der Waals surface area contributed by atoms with Gasteiger partial charge in [0.1, 0.15) is 5.75 Å². The first kappa shape index (κ1) is 25.5. The van der Waals surface area contributed by atoms with E-state index in [-0.39, 0.29) is 23.7 Å². The Kier molecular flexibility index (Phi) is 9.18. The number of carbonyl (C=O) groups excluding carboxylic acids is 1. The number of benzene rings is 2. The average molecular weight is 493 g/mol. The fourth-order valence-corrected chi connectivity index (χ4v) is 5.62. The van der Waals surface area contributed by atoms with E-state index in [4.69, 9.17) is 16.3 Å². The molecule has 1 amide bonds. The average Bonchev–Trinajstić information content (AvgIpc) is 2.79. The number of hydrogen-bond acceptors (Lipinski definition) is 4. The van der Waals surface area contributed by atoms with Gasteiger partial charge in [-0.3, -0.25) is 4.79 Å². The molecule has 3 rings (SSSR count). The normalized spacial score (nSPS) is 15.5. The maximum absolute atomic E-state index is 12.7. The number of amides is 1. The van der Waals surface area contributed by atoms with Crippen LogP contribution < -0.4 is 10.1 Å². The molecular formula is C25H33ClN2O4S. The minimum absolute atomic E-state index is 0.0189. The van der Waals surface area contributed by atoms with Crippen molar-refractivity contribution in [3.63, 3.8) is 0 Å². The maximum atomic E-state index is 12.7. The Morgan fingerprint density at radius 3 is 2.27 bits per heavy atom. The van der Waals surface area contributed by atoms with Gasteiger partial charge < -0.3 is 10.1 Å². The molecule has 1 N–H and O–H groups in total. The minimum Gasteiger partial charge on any atom is -0.491 e. The van der Waals surface area contributed by atoms with Crippen LogP contribution in [0.2, 0.25) is 5.02 Å². The van der Waals surface area contributed by atoms with Crippen molar-refractivity contribution < 1.29 is 17.9 Å². The van der Waals surface area contributed by atoms with Crippen LogP contribution in [-0.4, -0.2) is 44.4 Å². The molecule has 0 atom stereocenters. The monoisotopic (exact) mass is 492 g/mol. The molecule has 2 aromatic rings. The molecule has 0 unspecified atom stereocenters. The van der Waals surface area contributed by atoms with Crippen molar-refractivity contribution in [1.29, 1.82) is 0 Å². The van der Waals surface area contributed by atoms with E-state index in [9.17, 15) is 13.2 Å². The van der Waals surface area contributed by atoms with Crippen LogP contribution in [-0.2, 0) is 27.0 Å². The highest BCUT2D eigenvalue weighted by atomic mass is 35.5. The number of halogens is 1. The molecule has 0 bridgehead atoms. The lowest BCUT2D eigenvalue weighted by Gasteiger charge is -2.30. The lowest BCUT2D eigenvalue weighted by atomic mass is 9.97. The van der Waals surface area contributed by atoms with Crippen LogP contribution in [0.1, 0.15) is 44.2 Å². The highest BCUT2D eigenvalue weighted by Crippen LogP contribution is 2.22. The summed E-state index contributed by atoms with van der Waals surface area (Å²) in [5.74, 6) is 0.694. The summed E-state index contributed by atoms with van der Waals surface area (Å²) in [7, 11) is -3.41. The molecule has 180 valence electrons. The van der Waals surface area contributed by atoms with Gasteiger partial charge in [-0.1, -0.05) is 35.9 Å². The summed E-state index contributed by atoms with van der Waals surface area (Å²) < 4.78 is 32.6. The Morgan fingerprint density at radius 2 is 1.67 bits per heavy atom. The minimum atomic E-state index is -3.41. The van der Waals surface area contributed by atoms with Crippen LogP contribution in [0.4, 0.5) is 0 Å². The molecule has 33 heavy (non-hydrogen) atoms. The number of carbonyl (C=O) groups is 1. The van der Waals surface area contributed by atoms with E-state index in [1.165, 1.54) is 9.87 Å². The zero-order valence-corrected chi connectivity index (χ0v) is 20.9. The topological polar surface area (TPSA) is 75.7 Å². The van der Waals surface area contributed by atoms with Crippen molar-refractivity contribution in [1.82, 2.24) is 9.62 Å². The summed E-state index contributed by atoms with van der Waals surface area (Å²) >= 11 is 5.87. The van der Waals surface area contributed by atoms with Crippen molar-refractivity contribution in [2.75, 3.05) is 19.6 Å². The van der Waals surface area contributed by atoms with Gasteiger partial charge in [0.05, 0.1) is 11.9 Å². The second-order valence-electron chi connectivity index (χ2n) is 8.76. The van der Waals surface area contributed by atoms with Gasteiger partial charge in [0, 0.05) is 30.6 Å². The van der Waals surface area contributed by atoms with Gasteiger partial charge in [0.15, 0.2) is 0 Å². The third-order valence-electron chi connectivity index (χ3n) is 5.72. The number of nitrogens with one attached hydrogen (secondary N) is 1. The smallest absolute Gasteiger partial charge is 0.223 e. The largest absolute Gasteiger partial charge is 0.491 e. The molecule has 1 aliphatic rings. The Labute approximate surface area is 202 Å². The van der Waals surface area contributed by atoms with Gasteiger partial charge >= 0.3 is 0 Å². The fraction of sp³-hybridized carbons (Fsp3) is 0.480. The number of nitrogens with zero attached hydrogens (tertiary/aromatic N) is 1. The number of sulfonamides is 1. The molecule has 8 heteroatoms. The molecular weight excluding hydrogens is 460 g/mol. The van der Waals surface area contributed by atoms with Crippen molar-refractivity contribution in [3.8, 4) is 5.75 Å². The molecule has 0 spiro atoms. The Balaban J connectivity index is 1.37. The summed E-state index contributed by atoms with van der Waals surface area (Å²) in [5, 5.41) is 3.60. The lowest BCUT2D eigenvalue weighted by molar-refractivity contribution is -0.126. The predicted molar refractivity (Wildman–Crippen MR) is 132 cm³/mol. The number of piperidine rings is 1. The predicted octanol–water partition coefficient (Wildman–Crippen LogP) is 4.42. The maximum Gasteiger partial charge on any atom is 0.223 e. The molecule has 1 fully saturated rings. The van der Waals surface area contributed by atoms with Crippen LogP contribution in [0.3, 0.4) is 0 Å². The van der Waals surface area contributed by atoms with Crippen molar-refractivity contribution in [3.05, 3.63) is 64.7 Å². The third-order valence-corrected chi connectivity index (χ3v) is 7.82. The Hall–Kier alpha value is -2.09. The number of aryl methyl sites for hydroxylation is 1. The first-order valence-corrected chi connectivity index (χ1v) is 13.5. The van der Waals surface area contributed by atoms with Gasteiger partial charge in [-0.25, -0.2) is 12.7 Å².